The van der Waals surface area contributed by atoms with Gasteiger partial charge in [-0.15, -0.1) is 11.3 Å². The highest BCUT2D eigenvalue weighted by atomic mass is 32.1. The van der Waals surface area contributed by atoms with Gasteiger partial charge in [0.25, 0.3) is 0 Å². The molecule has 5 heteroatoms. The monoisotopic (exact) mass is 607 g/mol. The fourth-order valence-corrected chi connectivity index (χ4v) is 7.04. The average molecular weight is 608 g/mol. The highest BCUT2D eigenvalue weighted by Gasteiger charge is 2.18. The van der Waals surface area contributed by atoms with Crippen molar-refractivity contribution in [2.45, 2.75) is 0 Å². The Labute approximate surface area is 269 Å². The molecule has 9 rings (SSSR count). The molecule has 6 aromatic carbocycles. The number of para-hydroxylation sites is 1. The molecule has 0 aliphatic carbocycles. The minimum Gasteiger partial charge on any atom is -0.456 e. The van der Waals surface area contributed by atoms with Gasteiger partial charge in [0.1, 0.15) is 16.2 Å². The maximum absolute atomic E-state index is 6.39. The van der Waals surface area contributed by atoms with Gasteiger partial charge in [0.2, 0.25) is 0 Å². The normalized spacial score (nSPS) is 11.5. The first-order chi connectivity index (χ1) is 22.8. The third kappa shape index (κ3) is 4.66. The zero-order chi connectivity index (χ0) is 30.5. The Hall–Kier alpha value is -5.91. The first kappa shape index (κ1) is 26.5. The fraction of sp³-hybridized carbons (Fsp3) is 0. The van der Waals surface area contributed by atoms with E-state index >= 15 is 0 Å². The van der Waals surface area contributed by atoms with E-state index in [1.807, 2.05) is 42.5 Å². The van der Waals surface area contributed by atoms with Crippen molar-refractivity contribution in [3.63, 3.8) is 0 Å². The van der Waals surface area contributed by atoms with Gasteiger partial charge in [-0.2, -0.15) is 0 Å². The lowest BCUT2D eigenvalue weighted by atomic mass is 9.99. The molecule has 46 heavy (non-hydrogen) atoms. The van der Waals surface area contributed by atoms with Crippen LogP contribution in [0.15, 0.2) is 156 Å². The van der Waals surface area contributed by atoms with Crippen molar-refractivity contribution in [2.75, 3.05) is 0 Å². The van der Waals surface area contributed by atoms with E-state index in [1.165, 1.54) is 15.8 Å². The second kappa shape index (κ2) is 10.9. The summed E-state index contributed by atoms with van der Waals surface area (Å²) in [6.07, 6.45) is 0. The molecule has 0 saturated carbocycles. The molecule has 3 heterocycles. The number of thiazole rings is 1. The molecule has 4 nitrogen and oxygen atoms in total. The van der Waals surface area contributed by atoms with Gasteiger partial charge in [0, 0.05) is 33.0 Å². The maximum atomic E-state index is 6.39. The van der Waals surface area contributed by atoms with Gasteiger partial charge in [-0.1, -0.05) is 109 Å². The van der Waals surface area contributed by atoms with E-state index in [0.29, 0.717) is 5.82 Å². The summed E-state index contributed by atoms with van der Waals surface area (Å²) in [4.78, 5) is 15.1. The topological polar surface area (TPSA) is 51.8 Å². The molecular weight excluding hydrogens is 583 g/mol. The summed E-state index contributed by atoms with van der Waals surface area (Å²) in [5.41, 5.74) is 10.8. The van der Waals surface area contributed by atoms with Crippen LogP contribution < -0.4 is 0 Å². The highest BCUT2D eigenvalue weighted by molar-refractivity contribution is 7.21. The Kier molecular flexibility index (Phi) is 6.28. The summed E-state index contributed by atoms with van der Waals surface area (Å²) in [6, 6.07) is 52.1. The number of aromatic nitrogens is 3. The van der Waals surface area contributed by atoms with Crippen LogP contribution in [0.5, 0.6) is 0 Å². The number of benzene rings is 6. The van der Waals surface area contributed by atoms with Gasteiger partial charge in [0.05, 0.1) is 21.6 Å². The van der Waals surface area contributed by atoms with Crippen molar-refractivity contribution in [1.29, 1.82) is 0 Å². The Morgan fingerprint density at radius 3 is 1.93 bits per heavy atom. The van der Waals surface area contributed by atoms with E-state index in [0.717, 1.165) is 66.1 Å². The molecule has 0 saturated heterocycles. The molecule has 0 atom stereocenters. The van der Waals surface area contributed by atoms with Crippen LogP contribution in [0.4, 0.5) is 0 Å². The quantitative estimate of drug-likeness (QED) is 0.195. The molecule has 0 fully saturated rings. The third-order valence-corrected chi connectivity index (χ3v) is 9.44. The van der Waals surface area contributed by atoms with Crippen LogP contribution >= 0.6 is 11.3 Å². The Morgan fingerprint density at radius 1 is 0.457 bits per heavy atom. The minimum absolute atomic E-state index is 0.681. The Bertz CT molecular complexity index is 2480. The summed E-state index contributed by atoms with van der Waals surface area (Å²) in [5.74, 6) is 0.681. The number of furan rings is 1. The second-order valence-electron chi connectivity index (χ2n) is 11.2. The molecule has 3 aromatic heterocycles. The number of nitrogens with zero attached hydrogens (tertiary/aromatic N) is 3. The van der Waals surface area contributed by atoms with Gasteiger partial charge < -0.3 is 4.42 Å². The predicted molar refractivity (Wildman–Crippen MR) is 190 cm³/mol. The first-order valence-electron chi connectivity index (χ1n) is 15.2. The zero-order valence-corrected chi connectivity index (χ0v) is 25.4. The SMILES string of the molecule is c1ccc(-c2ccc(-c3cc(-c4cccc5oc6ccc(-c7nc8ccccc8s7)cc6c45)nc(-c4ccccc4)n3)cc2)cc1. The van der Waals surface area contributed by atoms with Crippen molar-refractivity contribution in [3.05, 3.63) is 152 Å². The first-order valence-corrected chi connectivity index (χ1v) is 16.0. The molecule has 9 aromatic rings. The van der Waals surface area contributed by atoms with Crippen LogP contribution in [0.1, 0.15) is 0 Å². The average Bonchev–Trinajstić information content (AvgIpc) is 3.74. The van der Waals surface area contributed by atoms with Crippen LogP contribution in [-0.2, 0) is 0 Å². The molecule has 216 valence electrons. The van der Waals surface area contributed by atoms with Crippen molar-refractivity contribution in [1.82, 2.24) is 15.0 Å². The summed E-state index contributed by atoms with van der Waals surface area (Å²) in [7, 11) is 0. The van der Waals surface area contributed by atoms with Crippen LogP contribution in [0.25, 0.3) is 87.8 Å². The molecule has 0 bridgehead atoms. The molecule has 0 unspecified atom stereocenters. The summed E-state index contributed by atoms with van der Waals surface area (Å²) in [5, 5.41) is 3.06. The van der Waals surface area contributed by atoms with Crippen molar-refractivity contribution in [3.8, 4) is 55.6 Å². The van der Waals surface area contributed by atoms with E-state index < -0.39 is 0 Å². The largest absolute Gasteiger partial charge is 0.456 e. The van der Waals surface area contributed by atoms with Gasteiger partial charge in [-0.25, -0.2) is 15.0 Å². The molecule has 0 aliphatic heterocycles. The molecule has 0 N–H and O–H groups in total. The number of hydrogen-bond acceptors (Lipinski definition) is 5. The zero-order valence-electron chi connectivity index (χ0n) is 24.6. The van der Waals surface area contributed by atoms with E-state index in [1.54, 1.807) is 11.3 Å². The predicted octanol–water partition coefficient (Wildman–Crippen LogP) is 11.3. The molecule has 0 amide bonds. The summed E-state index contributed by atoms with van der Waals surface area (Å²) >= 11 is 1.70. The van der Waals surface area contributed by atoms with Crippen molar-refractivity contribution in [2.24, 2.45) is 0 Å². The number of rotatable bonds is 5. The highest BCUT2D eigenvalue weighted by Crippen LogP contribution is 2.40. The minimum atomic E-state index is 0.681. The molecular formula is C41H25N3OS. The van der Waals surface area contributed by atoms with Gasteiger partial charge >= 0.3 is 0 Å². The molecule has 0 radical (unpaired) electrons. The summed E-state index contributed by atoms with van der Waals surface area (Å²) < 4.78 is 7.56. The van der Waals surface area contributed by atoms with E-state index in [2.05, 4.69) is 109 Å². The van der Waals surface area contributed by atoms with Crippen LogP contribution in [-0.4, -0.2) is 15.0 Å². The van der Waals surface area contributed by atoms with Gasteiger partial charge in [-0.3, -0.25) is 0 Å². The summed E-state index contributed by atoms with van der Waals surface area (Å²) in [6.45, 7) is 0. The van der Waals surface area contributed by atoms with Gasteiger partial charge in [-0.05, 0) is 53.6 Å². The van der Waals surface area contributed by atoms with Crippen LogP contribution in [0, 0.1) is 0 Å². The Morgan fingerprint density at radius 2 is 1.13 bits per heavy atom. The number of hydrogen-bond donors (Lipinski definition) is 0. The van der Waals surface area contributed by atoms with E-state index in [-0.39, 0.29) is 0 Å². The third-order valence-electron chi connectivity index (χ3n) is 8.36. The lowest BCUT2D eigenvalue weighted by Gasteiger charge is -2.11. The molecule has 0 aliphatic rings. The van der Waals surface area contributed by atoms with Crippen LogP contribution in [0.3, 0.4) is 0 Å². The Balaban J connectivity index is 1.22. The number of fused-ring (bicyclic) bond motifs is 4. The lowest BCUT2D eigenvalue weighted by molar-refractivity contribution is 0.669. The van der Waals surface area contributed by atoms with E-state index in [4.69, 9.17) is 19.4 Å². The second-order valence-corrected chi connectivity index (χ2v) is 12.3. The fourth-order valence-electron chi connectivity index (χ4n) is 6.08. The van der Waals surface area contributed by atoms with Crippen molar-refractivity contribution >= 4 is 43.5 Å². The standard InChI is InChI=1S/C41H25N3OS/c1-3-10-26(11-4-1)27-18-20-28(21-19-27)34-25-35(43-40(42-34)29-12-5-2-6-13-29)31-14-9-16-37-39(31)32-24-30(22-23-36(32)45-37)41-44-33-15-7-8-17-38(33)46-41/h1-25H. The molecule has 0 spiro atoms. The maximum Gasteiger partial charge on any atom is 0.160 e. The van der Waals surface area contributed by atoms with Crippen LogP contribution in [0.2, 0.25) is 0 Å². The van der Waals surface area contributed by atoms with Gasteiger partial charge in [0.15, 0.2) is 5.82 Å². The van der Waals surface area contributed by atoms with E-state index in [9.17, 15) is 0 Å². The van der Waals surface area contributed by atoms with Crippen molar-refractivity contribution < 1.29 is 4.42 Å². The smallest absolute Gasteiger partial charge is 0.160 e. The lowest BCUT2D eigenvalue weighted by Crippen LogP contribution is -1.96.